The molecular formula is C13H18BrNO2. The van der Waals surface area contributed by atoms with Crippen molar-refractivity contribution in [1.29, 1.82) is 0 Å². The third kappa shape index (κ3) is 2.04. The molecule has 1 aromatic carbocycles. The first kappa shape index (κ1) is 12.7. The third-order valence-corrected chi connectivity index (χ3v) is 4.45. The summed E-state index contributed by atoms with van der Waals surface area (Å²) in [5, 5.41) is 10.3. The van der Waals surface area contributed by atoms with Crippen LogP contribution in [0, 0.1) is 0 Å². The van der Waals surface area contributed by atoms with Gasteiger partial charge in [0.15, 0.2) is 11.5 Å². The van der Waals surface area contributed by atoms with Gasteiger partial charge in [-0.1, -0.05) is 28.8 Å². The number of ether oxygens (including phenoxy) is 1. The van der Waals surface area contributed by atoms with Crippen LogP contribution < -0.4 is 10.5 Å². The number of benzene rings is 1. The molecular weight excluding hydrogens is 282 g/mol. The standard InChI is InChI=1S/C13H18BrNO2/c1-17-10-5-4-9(14)11(12(10)16)13(8-15)6-2-3-7-13/h4-5,16H,2-3,6-8,15H2,1H3. The molecule has 94 valence electrons. The Hall–Kier alpha value is -0.740. The molecule has 0 spiro atoms. The second kappa shape index (κ2) is 4.86. The largest absolute Gasteiger partial charge is 0.504 e. The van der Waals surface area contributed by atoms with Gasteiger partial charge in [-0.2, -0.15) is 0 Å². The summed E-state index contributed by atoms with van der Waals surface area (Å²) in [6.45, 7) is 0.562. The Morgan fingerprint density at radius 3 is 2.59 bits per heavy atom. The lowest BCUT2D eigenvalue weighted by molar-refractivity contribution is 0.353. The van der Waals surface area contributed by atoms with Gasteiger partial charge in [0.2, 0.25) is 0 Å². The minimum Gasteiger partial charge on any atom is -0.504 e. The molecule has 0 aromatic heterocycles. The monoisotopic (exact) mass is 299 g/mol. The number of methoxy groups -OCH3 is 1. The number of phenols is 1. The summed E-state index contributed by atoms with van der Waals surface area (Å²) < 4.78 is 6.10. The van der Waals surface area contributed by atoms with E-state index in [9.17, 15) is 5.11 Å². The van der Waals surface area contributed by atoms with Crippen LogP contribution in [0.4, 0.5) is 0 Å². The van der Waals surface area contributed by atoms with Crippen molar-refractivity contribution in [3.8, 4) is 11.5 Å². The molecule has 0 aliphatic heterocycles. The van der Waals surface area contributed by atoms with Crippen molar-refractivity contribution < 1.29 is 9.84 Å². The molecule has 0 amide bonds. The number of hydrogen-bond acceptors (Lipinski definition) is 3. The quantitative estimate of drug-likeness (QED) is 0.902. The average molecular weight is 300 g/mol. The number of rotatable bonds is 3. The van der Waals surface area contributed by atoms with Gasteiger partial charge in [-0.25, -0.2) is 0 Å². The van der Waals surface area contributed by atoms with Gasteiger partial charge in [-0.3, -0.25) is 0 Å². The molecule has 0 radical (unpaired) electrons. The zero-order chi connectivity index (χ0) is 12.5. The lowest BCUT2D eigenvalue weighted by Gasteiger charge is -2.30. The molecule has 0 heterocycles. The van der Waals surface area contributed by atoms with Gasteiger partial charge < -0.3 is 15.6 Å². The fraction of sp³-hybridized carbons (Fsp3) is 0.538. The van der Waals surface area contributed by atoms with Crippen molar-refractivity contribution in [2.24, 2.45) is 5.73 Å². The predicted octanol–water partition coefficient (Wildman–Crippen LogP) is 2.93. The van der Waals surface area contributed by atoms with Crippen molar-refractivity contribution in [3.05, 3.63) is 22.2 Å². The molecule has 3 N–H and O–H groups in total. The molecule has 17 heavy (non-hydrogen) atoms. The van der Waals surface area contributed by atoms with Gasteiger partial charge in [0.05, 0.1) is 7.11 Å². The smallest absolute Gasteiger partial charge is 0.162 e. The molecule has 1 aromatic rings. The van der Waals surface area contributed by atoms with Gasteiger partial charge in [0.1, 0.15) is 0 Å². The Balaban J connectivity index is 2.56. The van der Waals surface area contributed by atoms with Crippen molar-refractivity contribution in [3.63, 3.8) is 0 Å². The van der Waals surface area contributed by atoms with Crippen LogP contribution in [0.2, 0.25) is 0 Å². The summed E-state index contributed by atoms with van der Waals surface area (Å²) in [7, 11) is 1.57. The molecule has 0 bridgehead atoms. The first-order valence-electron chi connectivity index (χ1n) is 5.90. The zero-order valence-corrected chi connectivity index (χ0v) is 11.6. The maximum Gasteiger partial charge on any atom is 0.162 e. The lowest BCUT2D eigenvalue weighted by atomic mass is 9.78. The second-order valence-electron chi connectivity index (χ2n) is 4.66. The molecule has 4 heteroatoms. The van der Waals surface area contributed by atoms with E-state index in [0.29, 0.717) is 12.3 Å². The number of hydrogen-bond donors (Lipinski definition) is 2. The zero-order valence-electron chi connectivity index (χ0n) is 10.0. The Kier molecular flexibility index (Phi) is 3.64. The van der Waals surface area contributed by atoms with Crippen molar-refractivity contribution >= 4 is 15.9 Å². The molecule has 1 fully saturated rings. The summed E-state index contributed by atoms with van der Waals surface area (Å²) >= 11 is 3.53. The Labute approximate surface area is 110 Å². The van der Waals surface area contributed by atoms with Gasteiger partial charge in [-0.15, -0.1) is 0 Å². The van der Waals surface area contributed by atoms with Crippen molar-refractivity contribution in [2.75, 3.05) is 13.7 Å². The van der Waals surface area contributed by atoms with E-state index in [4.69, 9.17) is 10.5 Å². The molecule has 0 saturated heterocycles. The first-order valence-corrected chi connectivity index (χ1v) is 6.70. The van der Waals surface area contributed by atoms with E-state index in [-0.39, 0.29) is 11.2 Å². The van der Waals surface area contributed by atoms with Gasteiger partial charge in [0, 0.05) is 22.0 Å². The van der Waals surface area contributed by atoms with Crippen LogP contribution in [-0.4, -0.2) is 18.8 Å². The highest BCUT2D eigenvalue weighted by Gasteiger charge is 2.38. The van der Waals surface area contributed by atoms with Gasteiger partial charge >= 0.3 is 0 Å². The molecule has 3 nitrogen and oxygen atoms in total. The maximum atomic E-state index is 10.3. The lowest BCUT2D eigenvalue weighted by Crippen LogP contribution is -2.32. The minimum absolute atomic E-state index is 0.0997. The molecule has 1 saturated carbocycles. The van der Waals surface area contributed by atoms with Gasteiger partial charge in [-0.05, 0) is 25.0 Å². The highest BCUT2D eigenvalue weighted by molar-refractivity contribution is 9.10. The van der Waals surface area contributed by atoms with Crippen LogP contribution >= 0.6 is 15.9 Å². The van der Waals surface area contributed by atoms with E-state index in [2.05, 4.69) is 15.9 Å². The Morgan fingerprint density at radius 1 is 1.41 bits per heavy atom. The van der Waals surface area contributed by atoms with Gasteiger partial charge in [0.25, 0.3) is 0 Å². The highest BCUT2D eigenvalue weighted by Crippen LogP contribution is 2.49. The van der Waals surface area contributed by atoms with E-state index in [1.165, 1.54) is 12.8 Å². The van der Waals surface area contributed by atoms with Crippen molar-refractivity contribution in [1.82, 2.24) is 0 Å². The summed E-state index contributed by atoms with van der Waals surface area (Å²) in [5.74, 6) is 0.747. The summed E-state index contributed by atoms with van der Waals surface area (Å²) in [6, 6.07) is 3.69. The summed E-state index contributed by atoms with van der Waals surface area (Å²) in [5.41, 5.74) is 6.77. The van der Waals surface area contributed by atoms with Crippen LogP contribution in [0.25, 0.3) is 0 Å². The first-order chi connectivity index (χ1) is 8.14. The number of phenolic OH excluding ortho intramolecular Hbond substituents is 1. The summed E-state index contributed by atoms with van der Waals surface area (Å²) in [6.07, 6.45) is 4.40. The topological polar surface area (TPSA) is 55.5 Å². The Bertz CT molecular complexity index is 414. The second-order valence-corrected chi connectivity index (χ2v) is 5.52. The molecule has 0 unspecified atom stereocenters. The molecule has 0 atom stereocenters. The normalized spacial score (nSPS) is 18.3. The van der Waals surface area contributed by atoms with Crippen molar-refractivity contribution in [2.45, 2.75) is 31.1 Å². The number of nitrogens with two attached hydrogens (primary N) is 1. The molecule has 1 aliphatic carbocycles. The van der Waals surface area contributed by atoms with E-state index >= 15 is 0 Å². The van der Waals surface area contributed by atoms with Crippen LogP contribution in [0.1, 0.15) is 31.2 Å². The Morgan fingerprint density at radius 2 is 2.06 bits per heavy atom. The maximum absolute atomic E-state index is 10.3. The SMILES string of the molecule is COc1ccc(Br)c(C2(CN)CCCC2)c1O. The van der Waals surface area contributed by atoms with E-state index in [0.717, 1.165) is 22.9 Å². The average Bonchev–Trinajstić information content (AvgIpc) is 2.79. The van der Waals surface area contributed by atoms with E-state index in [1.54, 1.807) is 13.2 Å². The molecule has 2 rings (SSSR count). The third-order valence-electron chi connectivity index (χ3n) is 3.79. The van der Waals surface area contributed by atoms with E-state index in [1.807, 2.05) is 6.07 Å². The fourth-order valence-corrected chi connectivity index (χ4v) is 3.57. The summed E-state index contributed by atoms with van der Waals surface area (Å²) in [4.78, 5) is 0. The van der Waals surface area contributed by atoms with E-state index < -0.39 is 0 Å². The highest BCUT2D eigenvalue weighted by atomic mass is 79.9. The minimum atomic E-state index is -0.0997. The molecule has 1 aliphatic rings. The van der Waals surface area contributed by atoms with Crippen LogP contribution in [0.15, 0.2) is 16.6 Å². The van der Waals surface area contributed by atoms with Crippen LogP contribution in [-0.2, 0) is 5.41 Å². The number of halogens is 1. The fourth-order valence-electron chi connectivity index (χ4n) is 2.82. The van der Waals surface area contributed by atoms with Crippen LogP contribution in [0.5, 0.6) is 11.5 Å². The number of aromatic hydroxyl groups is 1. The predicted molar refractivity (Wildman–Crippen MR) is 71.6 cm³/mol. The van der Waals surface area contributed by atoms with Crippen LogP contribution in [0.3, 0.4) is 0 Å².